The fraction of sp³-hybridized carbons (Fsp3) is 0.462. The summed E-state index contributed by atoms with van der Waals surface area (Å²) in [6.07, 6.45) is 0. The van der Waals surface area contributed by atoms with Gasteiger partial charge in [-0.3, -0.25) is 9.69 Å². The van der Waals surface area contributed by atoms with Crippen molar-refractivity contribution >= 4 is 17.6 Å². The van der Waals surface area contributed by atoms with Crippen LogP contribution in [-0.4, -0.2) is 29.6 Å². The zero-order valence-electron chi connectivity index (χ0n) is 10.4. The lowest BCUT2D eigenvalue weighted by Crippen LogP contribution is -2.30. The van der Waals surface area contributed by atoms with Crippen molar-refractivity contribution in [1.29, 1.82) is 0 Å². The van der Waals surface area contributed by atoms with E-state index in [9.17, 15) is 4.79 Å². The van der Waals surface area contributed by atoms with Gasteiger partial charge in [-0.25, -0.2) is 0 Å². The van der Waals surface area contributed by atoms with Crippen LogP contribution in [0.25, 0.3) is 0 Å². The van der Waals surface area contributed by atoms with E-state index in [1.165, 1.54) is 0 Å². The molecule has 94 valence electrons. The molecule has 0 spiro atoms. The maximum absolute atomic E-state index is 10.8. The average molecular weight is 256 g/mol. The molecule has 0 bridgehead atoms. The number of halogens is 1. The highest BCUT2D eigenvalue weighted by Gasteiger charge is 2.19. The van der Waals surface area contributed by atoms with Crippen LogP contribution >= 0.6 is 11.6 Å². The Labute approximate surface area is 107 Å². The van der Waals surface area contributed by atoms with Crippen LogP contribution in [0.5, 0.6) is 0 Å². The lowest BCUT2D eigenvalue weighted by atomic mass is 10.1. The summed E-state index contributed by atoms with van der Waals surface area (Å²) in [6, 6.07) is 7.74. The molecule has 0 aliphatic heterocycles. The number of nitrogens with zero attached hydrogens (tertiary/aromatic N) is 1. The summed E-state index contributed by atoms with van der Waals surface area (Å²) in [5, 5.41) is 9.60. The molecule has 0 aliphatic rings. The van der Waals surface area contributed by atoms with Crippen molar-refractivity contribution in [3.05, 3.63) is 34.9 Å². The Hall–Kier alpha value is -1.06. The van der Waals surface area contributed by atoms with E-state index in [-0.39, 0.29) is 12.0 Å². The number of carbonyl (C=O) groups is 1. The second kappa shape index (κ2) is 6.03. The van der Waals surface area contributed by atoms with Crippen molar-refractivity contribution in [2.24, 2.45) is 5.92 Å². The van der Waals surface area contributed by atoms with E-state index in [1.807, 2.05) is 43.1 Å². The number of hydrogen-bond acceptors (Lipinski definition) is 2. The maximum Gasteiger partial charge on any atom is 0.307 e. The Kier molecular flexibility index (Phi) is 4.97. The number of carboxylic acids is 1. The highest BCUT2D eigenvalue weighted by atomic mass is 35.5. The third-order valence-electron chi connectivity index (χ3n) is 3.00. The van der Waals surface area contributed by atoms with Gasteiger partial charge in [0.2, 0.25) is 0 Å². The molecule has 1 aromatic rings. The van der Waals surface area contributed by atoms with Gasteiger partial charge in [0.1, 0.15) is 0 Å². The largest absolute Gasteiger partial charge is 0.481 e. The van der Waals surface area contributed by atoms with Gasteiger partial charge in [-0.1, -0.05) is 36.7 Å². The van der Waals surface area contributed by atoms with Gasteiger partial charge < -0.3 is 5.11 Å². The number of aliphatic carboxylic acids is 1. The predicted molar refractivity (Wildman–Crippen MR) is 69.3 cm³/mol. The molecular formula is C13H18ClNO2. The van der Waals surface area contributed by atoms with Gasteiger partial charge in [0.25, 0.3) is 0 Å². The Bertz CT molecular complexity index is 395. The number of rotatable bonds is 5. The standard InChI is InChI=1S/C13H18ClNO2/c1-9(13(16)17)8-15(3)10(2)11-6-4-5-7-12(11)14/h4-7,9-10H,8H2,1-3H3,(H,16,17). The lowest BCUT2D eigenvalue weighted by molar-refractivity contribution is -0.141. The molecule has 0 fully saturated rings. The van der Waals surface area contributed by atoms with Gasteiger partial charge in [0, 0.05) is 17.6 Å². The Balaban J connectivity index is 2.73. The molecule has 4 heteroatoms. The fourth-order valence-electron chi connectivity index (χ4n) is 1.72. The minimum absolute atomic E-state index is 0.102. The molecule has 3 nitrogen and oxygen atoms in total. The van der Waals surface area contributed by atoms with Crippen molar-refractivity contribution in [2.75, 3.05) is 13.6 Å². The lowest BCUT2D eigenvalue weighted by Gasteiger charge is -2.27. The SMILES string of the molecule is CC(CN(C)C(C)c1ccccc1Cl)C(=O)O. The van der Waals surface area contributed by atoms with Crippen molar-refractivity contribution in [3.63, 3.8) is 0 Å². The Morgan fingerprint density at radius 2 is 2.00 bits per heavy atom. The molecule has 0 aromatic heterocycles. The zero-order chi connectivity index (χ0) is 13.0. The molecule has 1 aromatic carbocycles. The summed E-state index contributed by atoms with van der Waals surface area (Å²) in [4.78, 5) is 12.8. The smallest absolute Gasteiger partial charge is 0.307 e. The second-order valence-electron chi connectivity index (χ2n) is 4.38. The molecular weight excluding hydrogens is 238 g/mol. The molecule has 0 amide bonds. The molecule has 17 heavy (non-hydrogen) atoms. The van der Waals surface area contributed by atoms with Gasteiger partial charge >= 0.3 is 5.97 Å². The van der Waals surface area contributed by atoms with Crippen molar-refractivity contribution < 1.29 is 9.90 Å². The highest BCUT2D eigenvalue weighted by Crippen LogP contribution is 2.26. The van der Waals surface area contributed by atoms with E-state index >= 15 is 0 Å². The Morgan fingerprint density at radius 1 is 1.41 bits per heavy atom. The van der Waals surface area contributed by atoms with Crippen molar-refractivity contribution in [1.82, 2.24) is 4.90 Å². The van der Waals surface area contributed by atoms with Crippen LogP contribution in [0.1, 0.15) is 25.5 Å². The normalized spacial score (nSPS) is 14.6. The summed E-state index contributed by atoms with van der Waals surface area (Å²) in [6.45, 7) is 4.23. The van der Waals surface area contributed by atoms with Crippen LogP contribution in [0.2, 0.25) is 5.02 Å². The summed E-state index contributed by atoms with van der Waals surface area (Å²) < 4.78 is 0. The molecule has 0 radical (unpaired) electrons. The van der Waals surface area contributed by atoms with Gasteiger partial charge in [-0.05, 0) is 25.6 Å². The second-order valence-corrected chi connectivity index (χ2v) is 4.78. The van der Waals surface area contributed by atoms with Gasteiger partial charge in [0.05, 0.1) is 5.92 Å². The van der Waals surface area contributed by atoms with E-state index in [2.05, 4.69) is 0 Å². The minimum Gasteiger partial charge on any atom is -0.481 e. The summed E-state index contributed by atoms with van der Waals surface area (Å²) in [7, 11) is 1.91. The molecule has 0 saturated heterocycles. The van der Waals surface area contributed by atoms with Crippen LogP contribution in [0.3, 0.4) is 0 Å². The first-order valence-corrected chi connectivity index (χ1v) is 5.98. The summed E-state index contributed by atoms with van der Waals surface area (Å²) in [5.41, 5.74) is 1.02. The molecule has 0 aliphatic carbocycles. The van der Waals surface area contributed by atoms with E-state index in [1.54, 1.807) is 6.92 Å². The van der Waals surface area contributed by atoms with Gasteiger partial charge in [-0.15, -0.1) is 0 Å². The monoisotopic (exact) mass is 255 g/mol. The van der Waals surface area contributed by atoms with Crippen LogP contribution in [0, 0.1) is 5.92 Å². The van der Waals surface area contributed by atoms with E-state index < -0.39 is 5.97 Å². The summed E-state index contributed by atoms with van der Waals surface area (Å²) >= 11 is 6.12. The molecule has 1 rings (SSSR count). The van der Waals surface area contributed by atoms with Crippen molar-refractivity contribution in [2.45, 2.75) is 19.9 Å². The molecule has 2 unspecified atom stereocenters. The number of benzene rings is 1. The quantitative estimate of drug-likeness (QED) is 0.879. The van der Waals surface area contributed by atoms with E-state index in [0.29, 0.717) is 6.54 Å². The maximum atomic E-state index is 10.8. The highest BCUT2D eigenvalue weighted by molar-refractivity contribution is 6.31. The number of carboxylic acid groups (broad SMARTS) is 1. The summed E-state index contributed by atoms with van der Waals surface area (Å²) in [5.74, 6) is -1.16. The van der Waals surface area contributed by atoms with Gasteiger partial charge in [-0.2, -0.15) is 0 Å². The number of hydrogen-bond donors (Lipinski definition) is 1. The zero-order valence-corrected chi connectivity index (χ0v) is 11.1. The molecule has 2 atom stereocenters. The van der Waals surface area contributed by atoms with Crippen LogP contribution in [0.15, 0.2) is 24.3 Å². The van der Waals surface area contributed by atoms with Crippen LogP contribution in [0.4, 0.5) is 0 Å². The minimum atomic E-state index is -0.775. The van der Waals surface area contributed by atoms with Gasteiger partial charge in [0.15, 0.2) is 0 Å². The van der Waals surface area contributed by atoms with E-state index in [4.69, 9.17) is 16.7 Å². The molecule has 0 saturated carbocycles. The van der Waals surface area contributed by atoms with E-state index in [0.717, 1.165) is 10.6 Å². The van der Waals surface area contributed by atoms with Crippen LogP contribution in [-0.2, 0) is 4.79 Å². The van der Waals surface area contributed by atoms with Crippen molar-refractivity contribution in [3.8, 4) is 0 Å². The predicted octanol–water partition coefficient (Wildman–Crippen LogP) is 3.05. The molecule has 1 N–H and O–H groups in total. The Morgan fingerprint density at radius 3 is 2.53 bits per heavy atom. The fourth-order valence-corrected chi connectivity index (χ4v) is 2.01. The first-order chi connectivity index (χ1) is 7.93. The van der Waals surface area contributed by atoms with Crippen LogP contribution < -0.4 is 0 Å². The third-order valence-corrected chi connectivity index (χ3v) is 3.34. The topological polar surface area (TPSA) is 40.5 Å². The molecule has 0 heterocycles. The first kappa shape index (κ1) is 14.0. The average Bonchev–Trinajstić information content (AvgIpc) is 2.28. The third kappa shape index (κ3) is 3.72. The first-order valence-electron chi connectivity index (χ1n) is 5.61.